The second kappa shape index (κ2) is 7.83. The molecule has 2 heterocycles. The van der Waals surface area contributed by atoms with E-state index < -0.39 is 0 Å². The van der Waals surface area contributed by atoms with Crippen LogP contribution >= 0.6 is 0 Å². The van der Waals surface area contributed by atoms with Gasteiger partial charge in [0.05, 0.1) is 5.69 Å². The van der Waals surface area contributed by atoms with Crippen LogP contribution in [0.4, 0.5) is 0 Å². The van der Waals surface area contributed by atoms with Gasteiger partial charge in [-0.2, -0.15) is 0 Å². The highest BCUT2D eigenvalue weighted by Crippen LogP contribution is 2.45. The third-order valence-corrected chi connectivity index (χ3v) is 6.79. The molecule has 6 rings (SSSR count). The molecule has 0 aliphatic carbocycles. The number of hydrogen-bond donors (Lipinski definition) is 1. The standard InChI is InChI=1S/C31H26N2/c1-21-12-11-19-27-28(21)25(20-33(27)2)29(22-13-5-3-6-14-22)30-24-17-9-10-18-26(24)32-31(30)23-15-7-4-8-16-23/h3-20,29,32H,1-2H3. The van der Waals surface area contributed by atoms with Crippen LogP contribution in [-0.2, 0) is 7.05 Å². The molecule has 6 aromatic rings. The Bertz CT molecular complexity index is 1570. The SMILES string of the molecule is Cc1cccc2c1c(C(c1ccccc1)c1c(-c3ccccc3)[nH]c3ccccc13)cn2C. The van der Waals surface area contributed by atoms with Gasteiger partial charge in [0, 0.05) is 41.0 Å². The number of rotatable bonds is 4. The van der Waals surface area contributed by atoms with Crippen LogP contribution in [0.25, 0.3) is 33.1 Å². The van der Waals surface area contributed by atoms with E-state index in [1.54, 1.807) is 0 Å². The number of aromatic nitrogens is 2. The molecule has 0 aliphatic rings. The molecule has 2 heteroatoms. The van der Waals surface area contributed by atoms with Crippen molar-refractivity contribution in [1.82, 2.24) is 9.55 Å². The first-order valence-electron chi connectivity index (χ1n) is 11.5. The molecule has 2 aromatic heterocycles. The van der Waals surface area contributed by atoms with E-state index in [4.69, 9.17) is 0 Å². The number of benzene rings is 4. The Kier molecular flexibility index (Phi) is 4.66. The van der Waals surface area contributed by atoms with Gasteiger partial charge < -0.3 is 9.55 Å². The van der Waals surface area contributed by atoms with E-state index in [-0.39, 0.29) is 5.92 Å². The fourth-order valence-electron chi connectivity index (χ4n) is 5.33. The van der Waals surface area contributed by atoms with Gasteiger partial charge in [-0.25, -0.2) is 0 Å². The summed E-state index contributed by atoms with van der Waals surface area (Å²) in [6, 6.07) is 36.9. The molecule has 0 amide bonds. The highest BCUT2D eigenvalue weighted by molar-refractivity contribution is 5.95. The molecule has 1 N–H and O–H groups in total. The van der Waals surface area contributed by atoms with Gasteiger partial charge in [0.2, 0.25) is 0 Å². The lowest BCUT2D eigenvalue weighted by Gasteiger charge is -2.20. The highest BCUT2D eigenvalue weighted by atomic mass is 14.9. The first kappa shape index (κ1) is 19.6. The fraction of sp³-hybridized carbons (Fsp3) is 0.0968. The molecule has 160 valence electrons. The van der Waals surface area contributed by atoms with E-state index in [0.717, 1.165) is 0 Å². The maximum absolute atomic E-state index is 3.76. The number of H-pyrrole nitrogens is 1. The van der Waals surface area contributed by atoms with Crippen LogP contribution < -0.4 is 0 Å². The molecule has 0 saturated carbocycles. The molecule has 0 spiro atoms. The molecule has 2 nitrogen and oxygen atoms in total. The zero-order chi connectivity index (χ0) is 22.4. The predicted molar refractivity (Wildman–Crippen MR) is 139 cm³/mol. The number of hydrogen-bond acceptors (Lipinski definition) is 0. The minimum Gasteiger partial charge on any atom is -0.354 e. The molecule has 0 bridgehead atoms. The van der Waals surface area contributed by atoms with Crippen molar-refractivity contribution in [3.8, 4) is 11.3 Å². The Morgan fingerprint density at radius 1 is 0.727 bits per heavy atom. The van der Waals surface area contributed by atoms with E-state index >= 15 is 0 Å². The third-order valence-electron chi connectivity index (χ3n) is 6.79. The number of aromatic amines is 1. The van der Waals surface area contributed by atoms with Crippen molar-refractivity contribution < 1.29 is 0 Å². The number of para-hydroxylation sites is 1. The van der Waals surface area contributed by atoms with Crippen LogP contribution in [0.3, 0.4) is 0 Å². The van der Waals surface area contributed by atoms with Gasteiger partial charge in [0.25, 0.3) is 0 Å². The van der Waals surface area contributed by atoms with Gasteiger partial charge in [-0.1, -0.05) is 91.0 Å². The summed E-state index contributed by atoms with van der Waals surface area (Å²) >= 11 is 0. The van der Waals surface area contributed by atoms with Crippen molar-refractivity contribution in [2.75, 3.05) is 0 Å². The summed E-state index contributed by atoms with van der Waals surface area (Å²) in [5.74, 6) is 0.0994. The zero-order valence-corrected chi connectivity index (χ0v) is 18.9. The lowest BCUT2D eigenvalue weighted by atomic mass is 9.82. The van der Waals surface area contributed by atoms with Crippen LogP contribution in [0.15, 0.2) is 109 Å². The first-order valence-corrected chi connectivity index (χ1v) is 11.5. The van der Waals surface area contributed by atoms with Crippen molar-refractivity contribution in [3.05, 3.63) is 132 Å². The molecular formula is C31H26N2. The van der Waals surface area contributed by atoms with Crippen LogP contribution in [0.2, 0.25) is 0 Å². The summed E-state index contributed by atoms with van der Waals surface area (Å²) in [5.41, 5.74) is 10.1. The van der Waals surface area contributed by atoms with Gasteiger partial charge in [-0.15, -0.1) is 0 Å². The second-order valence-corrected chi connectivity index (χ2v) is 8.83. The van der Waals surface area contributed by atoms with Crippen molar-refractivity contribution >= 4 is 21.8 Å². The van der Waals surface area contributed by atoms with Crippen molar-refractivity contribution in [2.45, 2.75) is 12.8 Å². The summed E-state index contributed by atoms with van der Waals surface area (Å²) < 4.78 is 2.27. The summed E-state index contributed by atoms with van der Waals surface area (Å²) in [5, 5.41) is 2.62. The maximum atomic E-state index is 3.76. The highest BCUT2D eigenvalue weighted by Gasteiger charge is 2.28. The molecule has 33 heavy (non-hydrogen) atoms. The lowest BCUT2D eigenvalue weighted by molar-refractivity contribution is 0.932. The van der Waals surface area contributed by atoms with E-state index in [2.05, 4.69) is 133 Å². The van der Waals surface area contributed by atoms with Gasteiger partial charge >= 0.3 is 0 Å². The normalized spacial score (nSPS) is 12.4. The van der Waals surface area contributed by atoms with Gasteiger partial charge in [0.15, 0.2) is 0 Å². The number of nitrogens with zero attached hydrogens (tertiary/aromatic N) is 1. The van der Waals surface area contributed by atoms with E-state index in [1.807, 2.05) is 0 Å². The Morgan fingerprint density at radius 2 is 1.42 bits per heavy atom. The number of fused-ring (bicyclic) bond motifs is 2. The molecule has 0 aliphatic heterocycles. The topological polar surface area (TPSA) is 20.7 Å². The smallest absolute Gasteiger partial charge is 0.0507 e. The van der Waals surface area contributed by atoms with E-state index in [1.165, 1.54) is 55.3 Å². The second-order valence-electron chi connectivity index (χ2n) is 8.83. The van der Waals surface area contributed by atoms with E-state index in [9.17, 15) is 0 Å². The Labute approximate surface area is 194 Å². The molecular weight excluding hydrogens is 400 g/mol. The number of nitrogens with one attached hydrogen (secondary N) is 1. The van der Waals surface area contributed by atoms with E-state index in [0.29, 0.717) is 0 Å². The maximum Gasteiger partial charge on any atom is 0.0507 e. The summed E-state index contributed by atoms with van der Waals surface area (Å²) in [7, 11) is 2.15. The monoisotopic (exact) mass is 426 g/mol. The molecule has 0 radical (unpaired) electrons. The largest absolute Gasteiger partial charge is 0.354 e. The number of aryl methyl sites for hydroxylation is 2. The summed E-state index contributed by atoms with van der Waals surface area (Å²) in [4.78, 5) is 3.76. The van der Waals surface area contributed by atoms with Gasteiger partial charge in [-0.05, 0) is 46.9 Å². The zero-order valence-electron chi connectivity index (χ0n) is 18.9. The van der Waals surface area contributed by atoms with Gasteiger partial charge in [0.1, 0.15) is 0 Å². The molecule has 0 fully saturated rings. The minimum atomic E-state index is 0.0994. The molecule has 1 atom stereocenters. The molecule has 0 saturated heterocycles. The van der Waals surface area contributed by atoms with Gasteiger partial charge in [-0.3, -0.25) is 0 Å². The fourth-order valence-corrected chi connectivity index (χ4v) is 5.33. The Morgan fingerprint density at radius 3 is 2.21 bits per heavy atom. The lowest BCUT2D eigenvalue weighted by Crippen LogP contribution is -2.04. The van der Waals surface area contributed by atoms with Crippen molar-refractivity contribution in [3.63, 3.8) is 0 Å². The Hall–Kier alpha value is -4.04. The third kappa shape index (κ3) is 3.18. The molecule has 1 unspecified atom stereocenters. The van der Waals surface area contributed by atoms with Crippen LogP contribution in [-0.4, -0.2) is 9.55 Å². The van der Waals surface area contributed by atoms with Crippen LogP contribution in [0.1, 0.15) is 28.2 Å². The Balaban J connectivity index is 1.74. The van der Waals surface area contributed by atoms with Crippen LogP contribution in [0, 0.1) is 6.92 Å². The average molecular weight is 427 g/mol. The van der Waals surface area contributed by atoms with Crippen molar-refractivity contribution in [2.24, 2.45) is 7.05 Å². The minimum absolute atomic E-state index is 0.0994. The predicted octanol–water partition coefficient (Wildman–Crippen LogP) is 7.82. The summed E-state index contributed by atoms with van der Waals surface area (Å²) in [6.45, 7) is 2.22. The first-order chi connectivity index (χ1) is 16.2. The van der Waals surface area contributed by atoms with Crippen molar-refractivity contribution in [1.29, 1.82) is 0 Å². The summed E-state index contributed by atoms with van der Waals surface area (Å²) in [6.07, 6.45) is 2.33. The quantitative estimate of drug-likeness (QED) is 0.297. The average Bonchev–Trinajstić information content (AvgIpc) is 3.40. The molecule has 4 aromatic carbocycles. The van der Waals surface area contributed by atoms with Crippen LogP contribution in [0.5, 0.6) is 0 Å².